The van der Waals surface area contributed by atoms with E-state index in [1.165, 1.54) is 7.11 Å². The van der Waals surface area contributed by atoms with Gasteiger partial charge in [0.15, 0.2) is 0 Å². The minimum absolute atomic E-state index is 0.0238. The highest BCUT2D eigenvalue weighted by molar-refractivity contribution is 5.79. The van der Waals surface area contributed by atoms with Crippen molar-refractivity contribution in [3.63, 3.8) is 0 Å². The number of hydrogen-bond acceptors (Lipinski definition) is 5. The van der Waals surface area contributed by atoms with Gasteiger partial charge in [0.05, 0.1) is 6.21 Å². The van der Waals surface area contributed by atoms with Gasteiger partial charge in [0, 0.05) is 0 Å². The predicted molar refractivity (Wildman–Crippen MR) is 125 cm³/mol. The van der Waals surface area contributed by atoms with E-state index < -0.39 is 0 Å². The molecule has 0 bridgehead atoms. The number of ether oxygens (including phenoxy) is 3. The molecule has 1 fully saturated rings. The van der Waals surface area contributed by atoms with Crippen LogP contribution in [0.25, 0.3) is 0 Å². The monoisotopic (exact) mass is 423 g/mol. The Morgan fingerprint density at radius 3 is 2.19 bits per heavy atom. The summed E-state index contributed by atoms with van der Waals surface area (Å²) in [5, 5.41) is 3.79. The van der Waals surface area contributed by atoms with Crippen molar-refractivity contribution >= 4 is 6.21 Å². The van der Waals surface area contributed by atoms with Gasteiger partial charge in [0.1, 0.15) is 43.2 Å². The molecule has 31 heavy (non-hydrogen) atoms. The summed E-state index contributed by atoms with van der Waals surface area (Å²) in [5.41, 5.74) is 3.14. The van der Waals surface area contributed by atoms with Crippen molar-refractivity contribution < 1.29 is 19.0 Å². The maximum absolute atomic E-state index is 6.53. The van der Waals surface area contributed by atoms with Crippen LogP contribution < -0.4 is 14.2 Å². The van der Waals surface area contributed by atoms with E-state index in [4.69, 9.17) is 19.0 Å². The van der Waals surface area contributed by atoms with Gasteiger partial charge in [-0.1, -0.05) is 17.3 Å². The van der Waals surface area contributed by atoms with Gasteiger partial charge in [-0.05, 0) is 99.5 Å². The molecule has 0 heterocycles. The molecule has 1 saturated carbocycles. The minimum Gasteiger partial charge on any atom is -0.490 e. The highest BCUT2D eigenvalue weighted by atomic mass is 16.6. The predicted octanol–water partition coefficient (Wildman–Crippen LogP) is 6.01. The molecular weight excluding hydrogens is 390 g/mol. The average molecular weight is 424 g/mol. The summed E-state index contributed by atoms with van der Waals surface area (Å²) in [5.74, 6) is 2.65. The number of nitrogens with zero attached hydrogens (tertiary/aromatic N) is 1. The Morgan fingerprint density at radius 2 is 1.58 bits per heavy atom. The number of benzene rings is 2. The van der Waals surface area contributed by atoms with Crippen LogP contribution in [0.2, 0.25) is 0 Å². The summed E-state index contributed by atoms with van der Waals surface area (Å²) in [6, 6.07) is 12.0. The highest BCUT2D eigenvalue weighted by Gasteiger charge is 2.29. The third kappa shape index (κ3) is 6.51. The lowest BCUT2D eigenvalue weighted by Crippen LogP contribution is -2.39. The Hall–Kier alpha value is -2.95. The van der Waals surface area contributed by atoms with Crippen LogP contribution >= 0.6 is 0 Å². The zero-order valence-corrected chi connectivity index (χ0v) is 19.0. The van der Waals surface area contributed by atoms with E-state index in [0.29, 0.717) is 6.61 Å². The van der Waals surface area contributed by atoms with Gasteiger partial charge >= 0.3 is 0 Å². The third-order valence-corrected chi connectivity index (χ3v) is 5.40. The Balaban J connectivity index is 1.68. The van der Waals surface area contributed by atoms with Crippen molar-refractivity contribution in [2.24, 2.45) is 5.16 Å². The number of allylic oxidation sites excluding steroid dienone is 1. The molecule has 2 atom stereocenters. The Labute approximate surface area is 185 Å². The molecule has 3 rings (SSSR count). The fourth-order valence-electron chi connectivity index (χ4n) is 3.82. The van der Waals surface area contributed by atoms with Crippen LogP contribution in [0.15, 0.2) is 53.7 Å². The van der Waals surface area contributed by atoms with Crippen molar-refractivity contribution in [3.8, 4) is 17.2 Å². The first-order valence-corrected chi connectivity index (χ1v) is 11.0. The molecule has 0 aromatic heterocycles. The van der Waals surface area contributed by atoms with Gasteiger partial charge < -0.3 is 19.0 Å². The Bertz CT molecular complexity index is 866. The van der Waals surface area contributed by atoms with E-state index in [2.05, 4.69) is 19.0 Å². The number of hydrogen-bond donors (Lipinski definition) is 0. The fourth-order valence-corrected chi connectivity index (χ4v) is 3.82. The van der Waals surface area contributed by atoms with Crippen LogP contribution in [0.1, 0.15) is 49.3 Å². The van der Waals surface area contributed by atoms with Gasteiger partial charge in [0.2, 0.25) is 0 Å². The molecule has 0 saturated heterocycles. The second-order valence-electron chi connectivity index (χ2n) is 7.85. The molecule has 0 amide bonds. The first kappa shape index (κ1) is 22.7. The molecule has 166 valence electrons. The number of aryl methyl sites for hydroxylation is 2. The van der Waals surface area contributed by atoms with E-state index in [-0.39, 0.29) is 12.2 Å². The molecule has 2 unspecified atom stereocenters. The van der Waals surface area contributed by atoms with Crippen LogP contribution in [0.5, 0.6) is 17.2 Å². The van der Waals surface area contributed by atoms with Gasteiger partial charge in [-0.3, -0.25) is 0 Å². The van der Waals surface area contributed by atoms with Crippen molar-refractivity contribution in [2.75, 3.05) is 13.7 Å². The topological polar surface area (TPSA) is 49.3 Å². The van der Waals surface area contributed by atoms with E-state index in [9.17, 15) is 0 Å². The van der Waals surface area contributed by atoms with E-state index in [1.807, 2.05) is 55.5 Å². The SMILES string of the molecule is C/C=C/COc1cc(C)c(OC2CCCCC2Oc2ccc(/C=N\OC)cc2)c(C)c1. The summed E-state index contributed by atoms with van der Waals surface area (Å²) in [6.45, 7) is 6.71. The van der Waals surface area contributed by atoms with Crippen molar-refractivity contribution in [1.82, 2.24) is 0 Å². The lowest BCUT2D eigenvalue weighted by Gasteiger charge is -2.33. The first-order chi connectivity index (χ1) is 15.1. The fraction of sp³-hybridized carbons (Fsp3) is 0.423. The smallest absolute Gasteiger partial charge is 0.135 e. The lowest BCUT2D eigenvalue weighted by atomic mass is 9.94. The molecule has 2 aromatic rings. The van der Waals surface area contributed by atoms with Crippen LogP contribution in [0.4, 0.5) is 0 Å². The normalized spacial score (nSPS) is 19.0. The molecule has 1 aliphatic rings. The minimum atomic E-state index is 0.0238. The van der Waals surface area contributed by atoms with Crippen LogP contribution in [0.3, 0.4) is 0 Å². The van der Waals surface area contributed by atoms with Gasteiger partial charge in [-0.2, -0.15) is 0 Å². The van der Waals surface area contributed by atoms with E-state index >= 15 is 0 Å². The van der Waals surface area contributed by atoms with Gasteiger partial charge in [0.25, 0.3) is 0 Å². The van der Waals surface area contributed by atoms with Crippen LogP contribution in [0, 0.1) is 13.8 Å². The molecule has 1 aliphatic carbocycles. The van der Waals surface area contributed by atoms with E-state index in [1.54, 1.807) is 6.21 Å². The number of rotatable bonds is 9. The van der Waals surface area contributed by atoms with Gasteiger partial charge in [-0.15, -0.1) is 0 Å². The first-order valence-electron chi connectivity index (χ1n) is 11.0. The molecule has 0 radical (unpaired) electrons. The molecule has 0 aliphatic heterocycles. The summed E-state index contributed by atoms with van der Waals surface area (Å²) in [7, 11) is 1.53. The zero-order valence-electron chi connectivity index (χ0n) is 19.0. The summed E-state index contributed by atoms with van der Waals surface area (Å²) in [6.07, 6.45) is 9.98. The molecule has 5 nitrogen and oxygen atoms in total. The second-order valence-corrected chi connectivity index (χ2v) is 7.85. The van der Waals surface area contributed by atoms with Crippen LogP contribution in [-0.4, -0.2) is 32.1 Å². The summed E-state index contributed by atoms with van der Waals surface area (Å²) >= 11 is 0. The van der Waals surface area contributed by atoms with E-state index in [0.717, 1.165) is 59.6 Å². The Morgan fingerprint density at radius 1 is 0.935 bits per heavy atom. The second kappa shape index (κ2) is 11.4. The van der Waals surface area contributed by atoms with Gasteiger partial charge in [-0.25, -0.2) is 0 Å². The number of oxime groups is 1. The van der Waals surface area contributed by atoms with Crippen molar-refractivity contribution in [2.45, 2.75) is 58.7 Å². The maximum atomic E-state index is 6.53. The average Bonchev–Trinajstić information content (AvgIpc) is 2.77. The quantitative estimate of drug-likeness (QED) is 0.282. The molecule has 2 aromatic carbocycles. The molecular formula is C26H33NO4. The highest BCUT2D eigenvalue weighted by Crippen LogP contribution is 2.33. The zero-order chi connectivity index (χ0) is 22.1. The third-order valence-electron chi connectivity index (χ3n) is 5.40. The summed E-state index contributed by atoms with van der Waals surface area (Å²) < 4.78 is 18.7. The molecule has 5 heteroatoms. The Kier molecular flexibility index (Phi) is 8.39. The molecule has 0 spiro atoms. The lowest BCUT2D eigenvalue weighted by molar-refractivity contribution is 0.0224. The largest absolute Gasteiger partial charge is 0.490 e. The standard InChI is InChI=1S/C26H33NO4/c1-5-6-15-29-23-16-19(2)26(20(3)17-23)31-25-10-8-7-9-24(25)30-22-13-11-21(12-14-22)18-27-28-4/h5-6,11-14,16-18,24-25H,7-10,15H2,1-4H3/b6-5+,27-18-. The summed E-state index contributed by atoms with van der Waals surface area (Å²) in [4.78, 5) is 4.73. The van der Waals surface area contributed by atoms with Crippen molar-refractivity contribution in [3.05, 3.63) is 65.2 Å². The van der Waals surface area contributed by atoms with Crippen LogP contribution in [-0.2, 0) is 4.84 Å². The molecule has 0 N–H and O–H groups in total. The maximum Gasteiger partial charge on any atom is 0.135 e. The van der Waals surface area contributed by atoms with Crippen molar-refractivity contribution in [1.29, 1.82) is 0 Å².